The molecule has 0 bridgehead atoms. The molecule has 0 radical (unpaired) electrons. The lowest BCUT2D eigenvalue weighted by Crippen LogP contribution is -2.36. The minimum absolute atomic E-state index is 0.858. The van der Waals surface area contributed by atoms with E-state index in [0.717, 1.165) is 23.9 Å². The van der Waals surface area contributed by atoms with Crippen LogP contribution in [0.2, 0.25) is 0 Å². The topological polar surface area (TPSA) is 15.3 Å². The SMILES string of the molecule is CCCCN(CCCC)C(=S)Nc1ccccc1C. The third-order valence-corrected chi connectivity index (χ3v) is 3.60. The van der Waals surface area contributed by atoms with E-state index in [1.165, 1.54) is 31.2 Å². The largest absolute Gasteiger partial charge is 0.349 e. The van der Waals surface area contributed by atoms with Crippen LogP contribution in [-0.4, -0.2) is 23.1 Å². The van der Waals surface area contributed by atoms with Gasteiger partial charge in [0.1, 0.15) is 0 Å². The summed E-state index contributed by atoms with van der Waals surface area (Å²) >= 11 is 5.56. The molecule has 0 fully saturated rings. The van der Waals surface area contributed by atoms with Crippen molar-refractivity contribution >= 4 is 23.0 Å². The Morgan fingerprint density at radius 3 is 2.21 bits per heavy atom. The van der Waals surface area contributed by atoms with Crippen LogP contribution in [0.4, 0.5) is 5.69 Å². The van der Waals surface area contributed by atoms with E-state index in [9.17, 15) is 0 Å². The van der Waals surface area contributed by atoms with E-state index in [-0.39, 0.29) is 0 Å². The Bertz CT molecular complexity index is 382. The first-order valence-corrected chi connectivity index (χ1v) is 7.71. The number of benzene rings is 1. The predicted octanol–water partition coefficient (Wildman–Crippen LogP) is 4.59. The summed E-state index contributed by atoms with van der Waals surface area (Å²) in [7, 11) is 0. The van der Waals surface area contributed by atoms with E-state index >= 15 is 0 Å². The van der Waals surface area contributed by atoms with E-state index < -0.39 is 0 Å². The van der Waals surface area contributed by atoms with Crippen LogP contribution in [-0.2, 0) is 0 Å². The van der Waals surface area contributed by atoms with Crippen molar-refractivity contribution in [2.75, 3.05) is 18.4 Å². The van der Waals surface area contributed by atoms with Crippen LogP contribution in [0.25, 0.3) is 0 Å². The summed E-state index contributed by atoms with van der Waals surface area (Å²) < 4.78 is 0. The number of rotatable bonds is 7. The third kappa shape index (κ3) is 5.60. The highest BCUT2D eigenvalue weighted by Gasteiger charge is 2.09. The van der Waals surface area contributed by atoms with Gasteiger partial charge in [0.2, 0.25) is 0 Å². The number of anilines is 1. The average molecular weight is 278 g/mol. The first-order chi connectivity index (χ1) is 9.19. The molecule has 0 aliphatic rings. The van der Waals surface area contributed by atoms with Gasteiger partial charge in [-0.25, -0.2) is 0 Å². The van der Waals surface area contributed by atoms with Gasteiger partial charge in [0, 0.05) is 18.8 Å². The first-order valence-electron chi connectivity index (χ1n) is 7.30. The van der Waals surface area contributed by atoms with Gasteiger partial charge < -0.3 is 10.2 Å². The van der Waals surface area contributed by atoms with Crippen LogP contribution in [0.5, 0.6) is 0 Å². The average Bonchev–Trinajstić information content (AvgIpc) is 2.41. The van der Waals surface area contributed by atoms with Crippen LogP contribution in [0.15, 0.2) is 24.3 Å². The molecule has 0 aliphatic heterocycles. The highest BCUT2D eigenvalue weighted by atomic mass is 32.1. The van der Waals surface area contributed by atoms with Crippen molar-refractivity contribution in [2.45, 2.75) is 46.5 Å². The van der Waals surface area contributed by atoms with Crippen LogP contribution in [0, 0.1) is 6.92 Å². The molecule has 0 spiro atoms. The lowest BCUT2D eigenvalue weighted by Gasteiger charge is -2.26. The molecular weight excluding hydrogens is 252 g/mol. The molecule has 0 aromatic heterocycles. The van der Waals surface area contributed by atoms with Crippen LogP contribution >= 0.6 is 12.2 Å². The van der Waals surface area contributed by atoms with E-state index in [0.29, 0.717) is 0 Å². The lowest BCUT2D eigenvalue weighted by molar-refractivity contribution is 0.403. The van der Waals surface area contributed by atoms with Gasteiger partial charge in [-0.3, -0.25) is 0 Å². The quantitative estimate of drug-likeness (QED) is 0.734. The van der Waals surface area contributed by atoms with Crippen molar-refractivity contribution in [3.63, 3.8) is 0 Å². The smallest absolute Gasteiger partial charge is 0.173 e. The normalized spacial score (nSPS) is 10.3. The Kier molecular flexibility index (Phi) is 7.49. The zero-order chi connectivity index (χ0) is 14.1. The Balaban J connectivity index is 2.62. The van der Waals surface area contributed by atoms with Gasteiger partial charge >= 0.3 is 0 Å². The second-order valence-corrected chi connectivity index (χ2v) is 5.33. The molecule has 0 saturated heterocycles. The van der Waals surface area contributed by atoms with Gasteiger partial charge in [0.25, 0.3) is 0 Å². The molecule has 0 heterocycles. The van der Waals surface area contributed by atoms with Gasteiger partial charge in [-0.15, -0.1) is 0 Å². The minimum atomic E-state index is 0.858. The van der Waals surface area contributed by atoms with Crippen molar-refractivity contribution in [3.05, 3.63) is 29.8 Å². The zero-order valence-electron chi connectivity index (χ0n) is 12.4. The number of thiocarbonyl (C=S) groups is 1. The number of aryl methyl sites for hydroxylation is 1. The number of nitrogens with zero attached hydrogens (tertiary/aromatic N) is 1. The highest BCUT2D eigenvalue weighted by molar-refractivity contribution is 7.80. The Morgan fingerprint density at radius 2 is 1.68 bits per heavy atom. The molecule has 0 saturated carbocycles. The Morgan fingerprint density at radius 1 is 1.11 bits per heavy atom. The van der Waals surface area contributed by atoms with Crippen molar-refractivity contribution in [3.8, 4) is 0 Å². The van der Waals surface area contributed by atoms with E-state index in [1.807, 2.05) is 6.07 Å². The van der Waals surface area contributed by atoms with Gasteiger partial charge in [0.05, 0.1) is 0 Å². The second-order valence-electron chi connectivity index (χ2n) is 4.94. The van der Waals surface area contributed by atoms with Crippen molar-refractivity contribution in [2.24, 2.45) is 0 Å². The standard InChI is InChI=1S/C16H26N2S/c1-4-6-12-18(13-7-5-2)16(19)17-15-11-9-8-10-14(15)3/h8-11H,4-7,12-13H2,1-3H3,(H,17,19). The number of nitrogens with one attached hydrogen (secondary N) is 1. The molecule has 0 atom stereocenters. The second kappa shape index (κ2) is 8.92. The van der Waals surface area contributed by atoms with E-state index in [1.54, 1.807) is 0 Å². The maximum atomic E-state index is 5.56. The summed E-state index contributed by atoms with van der Waals surface area (Å²) in [5, 5.41) is 4.24. The van der Waals surface area contributed by atoms with Crippen molar-refractivity contribution in [1.29, 1.82) is 0 Å². The molecule has 106 valence electrons. The van der Waals surface area contributed by atoms with Gasteiger partial charge in [-0.05, 0) is 43.6 Å². The summed E-state index contributed by atoms with van der Waals surface area (Å²) in [6, 6.07) is 8.28. The molecule has 0 unspecified atom stereocenters. The maximum absolute atomic E-state index is 5.56. The lowest BCUT2D eigenvalue weighted by atomic mass is 10.2. The molecule has 1 rings (SSSR count). The summed E-state index contributed by atoms with van der Waals surface area (Å²) in [4.78, 5) is 2.30. The monoisotopic (exact) mass is 278 g/mol. The number of unbranched alkanes of at least 4 members (excludes halogenated alkanes) is 2. The molecule has 2 nitrogen and oxygen atoms in total. The van der Waals surface area contributed by atoms with Crippen LogP contribution in [0.1, 0.15) is 45.1 Å². The molecule has 1 N–H and O–H groups in total. The van der Waals surface area contributed by atoms with Gasteiger partial charge in [0.15, 0.2) is 5.11 Å². The molecule has 0 aliphatic carbocycles. The number of hydrogen-bond acceptors (Lipinski definition) is 1. The fourth-order valence-electron chi connectivity index (χ4n) is 1.92. The fourth-order valence-corrected chi connectivity index (χ4v) is 2.21. The summed E-state index contributed by atoms with van der Waals surface area (Å²) in [6.45, 7) is 8.64. The summed E-state index contributed by atoms with van der Waals surface area (Å²) in [6.07, 6.45) is 4.80. The van der Waals surface area contributed by atoms with E-state index in [4.69, 9.17) is 12.2 Å². The Labute approximate surface area is 123 Å². The zero-order valence-corrected chi connectivity index (χ0v) is 13.2. The summed E-state index contributed by atoms with van der Waals surface area (Å²) in [5.74, 6) is 0. The van der Waals surface area contributed by atoms with Gasteiger partial charge in [-0.1, -0.05) is 44.9 Å². The highest BCUT2D eigenvalue weighted by Crippen LogP contribution is 2.14. The molecule has 3 heteroatoms. The number of hydrogen-bond donors (Lipinski definition) is 1. The first kappa shape index (κ1) is 16.0. The van der Waals surface area contributed by atoms with Crippen LogP contribution < -0.4 is 5.32 Å². The molecule has 0 amide bonds. The predicted molar refractivity (Wildman–Crippen MR) is 88.8 cm³/mol. The number of para-hydroxylation sites is 1. The van der Waals surface area contributed by atoms with Gasteiger partial charge in [-0.2, -0.15) is 0 Å². The molecular formula is C16H26N2S. The van der Waals surface area contributed by atoms with Crippen molar-refractivity contribution in [1.82, 2.24) is 4.90 Å². The minimum Gasteiger partial charge on any atom is -0.349 e. The third-order valence-electron chi connectivity index (χ3n) is 3.24. The Hall–Kier alpha value is -1.09. The van der Waals surface area contributed by atoms with E-state index in [2.05, 4.69) is 49.2 Å². The summed E-state index contributed by atoms with van der Waals surface area (Å²) in [5.41, 5.74) is 2.35. The molecule has 1 aromatic carbocycles. The van der Waals surface area contributed by atoms with Crippen LogP contribution in [0.3, 0.4) is 0 Å². The fraction of sp³-hybridized carbons (Fsp3) is 0.562. The maximum Gasteiger partial charge on any atom is 0.173 e. The molecule has 1 aromatic rings. The van der Waals surface area contributed by atoms with Crippen molar-refractivity contribution < 1.29 is 0 Å². The molecule has 19 heavy (non-hydrogen) atoms.